The summed E-state index contributed by atoms with van der Waals surface area (Å²) >= 11 is 0. The highest BCUT2D eigenvalue weighted by atomic mass is 16.4. The molecule has 0 saturated heterocycles. The molecule has 62 valence electrons. The predicted molar refractivity (Wildman–Crippen MR) is 40.7 cm³/mol. The highest BCUT2D eigenvalue weighted by Gasteiger charge is 1.91. The zero-order valence-electron chi connectivity index (χ0n) is 6.11. The second-order valence-corrected chi connectivity index (χ2v) is 1.68. The van der Waals surface area contributed by atoms with Gasteiger partial charge in [-0.2, -0.15) is 5.10 Å². The van der Waals surface area contributed by atoms with Crippen LogP contribution in [-0.2, 0) is 0 Å². The Balaban J connectivity index is 4.01. The monoisotopic (exact) mass is 158 g/mol. The van der Waals surface area contributed by atoms with Gasteiger partial charge in [-0.1, -0.05) is 12.1 Å². The second-order valence-electron chi connectivity index (χ2n) is 1.68. The molecule has 0 aliphatic carbocycles. The van der Waals surface area contributed by atoms with Crippen molar-refractivity contribution in [2.75, 3.05) is 0 Å². The van der Waals surface area contributed by atoms with Crippen LogP contribution in [0.5, 0.6) is 0 Å². The topological polar surface area (TPSA) is 100 Å². The molecule has 0 aromatic carbocycles. The normalized spacial score (nSPS) is 11.9. The first-order valence-electron chi connectivity index (χ1n) is 3.00. The number of rotatable bonds is 3. The largest absolute Gasteiger partial charge is 0.411 e. The van der Waals surface area contributed by atoms with Crippen molar-refractivity contribution in [3.05, 3.63) is 0 Å². The molecule has 6 nitrogen and oxygen atoms in total. The van der Waals surface area contributed by atoms with Crippen LogP contribution in [-0.4, -0.2) is 23.2 Å². The molecular formula is C5H10N4O2. The molecule has 0 aromatic rings. The number of carbonyl (C=O) groups excluding carboxylic acids is 1. The van der Waals surface area contributed by atoms with Crippen LogP contribution in [0.1, 0.15) is 13.3 Å². The quantitative estimate of drug-likeness (QED) is 0.303. The van der Waals surface area contributed by atoms with E-state index in [4.69, 9.17) is 10.9 Å². The Morgan fingerprint density at radius 3 is 2.82 bits per heavy atom. The Labute approximate surface area is 63.8 Å². The smallest absolute Gasteiger partial charge is 0.332 e. The fraction of sp³-hybridized carbons (Fsp3) is 0.400. The maximum atomic E-state index is 10.1. The van der Waals surface area contributed by atoms with Crippen LogP contribution in [0.25, 0.3) is 0 Å². The van der Waals surface area contributed by atoms with E-state index in [-0.39, 0.29) is 0 Å². The summed E-state index contributed by atoms with van der Waals surface area (Å²) in [6.07, 6.45) is 1.67. The van der Waals surface area contributed by atoms with Crippen LogP contribution in [0.4, 0.5) is 4.79 Å². The molecule has 0 unspecified atom stereocenters. The summed E-state index contributed by atoms with van der Waals surface area (Å²) < 4.78 is 0. The lowest BCUT2D eigenvalue weighted by Crippen LogP contribution is -2.25. The number of carbonyl (C=O) groups is 1. The zero-order valence-corrected chi connectivity index (χ0v) is 6.11. The first kappa shape index (κ1) is 9.41. The van der Waals surface area contributed by atoms with Gasteiger partial charge in [0.25, 0.3) is 0 Å². The average Bonchev–Trinajstić information content (AvgIpc) is 1.97. The molecule has 0 aliphatic rings. The number of primary amides is 1. The third-order valence-corrected chi connectivity index (χ3v) is 0.879. The summed E-state index contributed by atoms with van der Waals surface area (Å²) in [7, 11) is 0. The van der Waals surface area contributed by atoms with Gasteiger partial charge in [0, 0.05) is 0 Å². The molecule has 0 radical (unpaired) electrons. The van der Waals surface area contributed by atoms with Gasteiger partial charge in [-0.25, -0.2) is 10.2 Å². The number of amides is 2. The van der Waals surface area contributed by atoms with Gasteiger partial charge in [0.1, 0.15) is 0 Å². The van der Waals surface area contributed by atoms with E-state index < -0.39 is 6.03 Å². The molecule has 0 aliphatic heterocycles. The molecule has 0 rings (SSSR count). The summed E-state index contributed by atoms with van der Waals surface area (Å²) in [5, 5.41) is 14.3. The average molecular weight is 158 g/mol. The van der Waals surface area contributed by atoms with Gasteiger partial charge in [0.05, 0.1) is 11.9 Å². The molecule has 0 saturated carbocycles. The van der Waals surface area contributed by atoms with Gasteiger partial charge in [-0.3, -0.25) is 0 Å². The van der Waals surface area contributed by atoms with Crippen molar-refractivity contribution in [3.63, 3.8) is 0 Å². The minimum Gasteiger partial charge on any atom is -0.411 e. The number of urea groups is 1. The molecule has 0 fully saturated rings. The van der Waals surface area contributed by atoms with Crippen LogP contribution in [0.3, 0.4) is 0 Å². The fourth-order valence-corrected chi connectivity index (χ4v) is 0.393. The number of nitrogens with two attached hydrogens (primary N) is 1. The number of oxime groups is 1. The predicted octanol–water partition coefficient (Wildman–Crippen LogP) is -0.119. The highest BCUT2D eigenvalue weighted by Crippen LogP contribution is 1.79. The maximum Gasteiger partial charge on any atom is 0.332 e. The van der Waals surface area contributed by atoms with E-state index in [1.165, 1.54) is 0 Å². The minimum absolute atomic E-state index is 0.436. The summed E-state index contributed by atoms with van der Waals surface area (Å²) in [6, 6.07) is -0.748. The third kappa shape index (κ3) is 4.89. The Bertz CT molecular complexity index is 187. The molecule has 4 N–H and O–H groups in total. The zero-order chi connectivity index (χ0) is 8.69. The first-order valence-corrected chi connectivity index (χ1v) is 3.00. The molecule has 0 aromatic heterocycles. The first-order chi connectivity index (χ1) is 5.20. The van der Waals surface area contributed by atoms with Crippen LogP contribution >= 0.6 is 0 Å². The Hall–Kier alpha value is -1.59. The van der Waals surface area contributed by atoms with Crippen LogP contribution in [0.15, 0.2) is 10.3 Å². The molecule has 0 spiro atoms. The standard InChI is InChI=1S/C5H10N4O2/c1-2-4(3-7-11)8-9-5(6)10/h3,11H,2H2,1H3,(H3,6,9,10)/b7-3-,8-4+. The van der Waals surface area contributed by atoms with E-state index >= 15 is 0 Å². The van der Waals surface area contributed by atoms with Gasteiger partial charge in [-0.05, 0) is 6.42 Å². The molecule has 2 amide bonds. The van der Waals surface area contributed by atoms with E-state index in [1.807, 2.05) is 5.43 Å². The van der Waals surface area contributed by atoms with Crippen molar-refractivity contribution < 1.29 is 10.0 Å². The van der Waals surface area contributed by atoms with E-state index in [1.54, 1.807) is 6.92 Å². The van der Waals surface area contributed by atoms with Crippen LogP contribution < -0.4 is 11.2 Å². The Morgan fingerprint density at radius 2 is 2.45 bits per heavy atom. The lowest BCUT2D eigenvalue weighted by Gasteiger charge is -1.94. The number of hydrogen-bond donors (Lipinski definition) is 3. The Kier molecular flexibility index (Phi) is 4.46. The summed E-state index contributed by atoms with van der Waals surface area (Å²) in [4.78, 5) is 10.1. The number of nitrogens with zero attached hydrogens (tertiary/aromatic N) is 2. The molecule has 6 heteroatoms. The van der Waals surface area contributed by atoms with Gasteiger partial charge in [0.2, 0.25) is 0 Å². The van der Waals surface area contributed by atoms with Crippen LogP contribution in [0, 0.1) is 0 Å². The molecule has 0 bridgehead atoms. The second kappa shape index (κ2) is 5.21. The van der Waals surface area contributed by atoms with Crippen molar-refractivity contribution in [2.24, 2.45) is 16.0 Å². The molecule has 0 atom stereocenters. The molecule has 0 heterocycles. The van der Waals surface area contributed by atoms with Gasteiger partial charge in [0.15, 0.2) is 0 Å². The van der Waals surface area contributed by atoms with Gasteiger partial charge in [-0.15, -0.1) is 0 Å². The third-order valence-electron chi connectivity index (χ3n) is 0.879. The lowest BCUT2D eigenvalue weighted by molar-refractivity contribution is 0.249. The lowest BCUT2D eigenvalue weighted by atomic mass is 10.3. The van der Waals surface area contributed by atoms with Crippen molar-refractivity contribution in [1.29, 1.82) is 0 Å². The maximum absolute atomic E-state index is 10.1. The van der Waals surface area contributed by atoms with Crippen molar-refractivity contribution >= 4 is 18.0 Å². The number of hydrazone groups is 1. The van der Waals surface area contributed by atoms with Crippen molar-refractivity contribution in [2.45, 2.75) is 13.3 Å². The number of hydrogen-bond acceptors (Lipinski definition) is 4. The van der Waals surface area contributed by atoms with E-state index in [0.717, 1.165) is 6.21 Å². The van der Waals surface area contributed by atoms with Crippen molar-refractivity contribution in [3.8, 4) is 0 Å². The van der Waals surface area contributed by atoms with E-state index in [2.05, 4.69) is 10.3 Å². The minimum atomic E-state index is -0.748. The number of nitrogens with one attached hydrogen (secondary N) is 1. The molecular weight excluding hydrogens is 148 g/mol. The molecule has 11 heavy (non-hydrogen) atoms. The highest BCUT2D eigenvalue weighted by molar-refractivity contribution is 6.30. The van der Waals surface area contributed by atoms with Gasteiger partial charge >= 0.3 is 6.03 Å². The van der Waals surface area contributed by atoms with Gasteiger partial charge < -0.3 is 10.9 Å². The SMILES string of the molecule is CCC(/C=N\O)=N\NC(N)=O. The van der Waals surface area contributed by atoms with E-state index in [0.29, 0.717) is 12.1 Å². The Morgan fingerprint density at radius 1 is 1.82 bits per heavy atom. The van der Waals surface area contributed by atoms with Crippen LogP contribution in [0.2, 0.25) is 0 Å². The summed E-state index contributed by atoms with van der Waals surface area (Å²) in [6.45, 7) is 1.79. The summed E-state index contributed by atoms with van der Waals surface area (Å²) in [5.41, 5.74) is 7.17. The van der Waals surface area contributed by atoms with Crippen molar-refractivity contribution in [1.82, 2.24) is 5.43 Å². The summed E-state index contributed by atoms with van der Waals surface area (Å²) in [5.74, 6) is 0. The fourth-order valence-electron chi connectivity index (χ4n) is 0.393. The van der Waals surface area contributed by atoms with E-state index in [9.17, 15) is 4.79 Å².